The molecule has 0 N–H and O–H groups in total. The van der Waals surface area contributed by atoms with Crippen molar-refractivity contribution in [2.24, 2.45) is 0 Å². The number of ketones is 1. The van der Waals surface area contributed by atoms with Crippen molar-refractivity contribution in [2.75, 3.05) is 9.80 Å². The number of carbonyl (C=O) groups is 5. The van der Waals surface area contributed by atoms with Gasteiger partial charge in [0.05, 0.1) is 33.6 Å². The molecule has 0 spiro atoms. The van der Waals surface area contributed by atoms with Crippen LogP contribution in [0.3, 0.4) is 0 Å². The van der Waals surface area contributed by atoms with Crippen LogP contribution in [0.5, 0.6) is 0 Å². The summed E-state index contributed by atoms with van der Waals surface area (Å²) in [6.07, 6.45) is 0. The summed E-state index contributed by atoms with van der Waals surface area (Å²) < 4.78 is 0. The highest BCUT2D eigenvalue weighted by Crippen LogP contribution is 2.39. The zero-order valence-electron chi connectivity index (χ0n) is 26.1. The molecule has 0 bridgehead atoms. The highest BCUT2D eigenvalue weighted by molar-refractivity contribution is 7.99. The van der Waals surface area contributed by atoms with E-state index in [1.54, 1.807) is 97.1 Å². The van der Waals surface area contributed by atoms with Crippen LogP contribution < -0.4 is 9.80 Å². The fourth-order valence-electron chi connectivity index (χ4n) is 6.07. The van der Waals surface area contributed by atoms with Crippen LogP contribution in [0.15, 0.2) is 165 Å². The number of benzene rings is 6. The van der Waals surface area contributed by atoms with E-state index >= 15 is 0 Å². The molecule has 50 heavy (non-hydrogen) atoms. The number of rotatable bonds is 8. The van der Waals surface area contributed by atoms with E-state index < -0.39 is 0 Å². The molecule has 0 aliphatic carbocycles. The Morgan fingerprint density at radius 1 is 0.400 bits per heavy atom. The van der Waals surface area contributed by atoms with Crippen molar-refractivity contribution in [3.8, 4) is 0 Å². The highest BCUT2D eigenvalue weighted by Gasteiger charge is 2.39. The van der Waals surface area contributed by atoms with E-state index in [1.807, 2.05) is 48.5 Å². The molecule has 6 aromatic carbocycles. The van der Waals surface area contributed by atoms with Crippen molar-refractivity contribution in [3.05, 3.63) is 179 Å². The average Bonchev–Trinajstić information content (AvgIpc) is 3.57. The van der Waals surface area contributed by atoms with Gasteiger partial charge >= 0.3 is 0 Å². The van der Waals surface area contributed by atoms with Crippen LogP contribution in [0, 0.1) is 0 Å². The molecule has 240 valence electrons. The van der Waals surface area contributed by atoms with Gasteiger partial charge in [-0.15, -0.1) is 0 Å². The monoisotopic (exact) mass is 688 g/mol. The lowest BCUT2D eigenvalue weighted by molar-refractivity contribution is 0.0909. The molecule has 9 heteroatoms. The van der Waals surface area contributed by atoms with Gasteiger partial charge in [0.15, 0.2) is 5.78 Å². The standard InChI is InChI=1S/C41H24N2O5S2/c44-37(25-17-21-29(22-18-25)49-33-15-7-13-31-35(33)40(47)42(38(31)45)27-9-3-1-4-10-27)26-19-23-30(24-20-26)50-34-16-8-14-32-36(34)41(48)43(39(32)46)28-11-5-2-6-12-28/h1-24H. The third-order valence-electron chi connectivity index (χ3n) is 8.47. The molecule has 0 aromatic heterocycles. The summed E-state index contributed by atoms with van der Waals surface area (Å²) in [5.74, 6) is -1.58. The molecule has 4 amide bonds. The van der Waals surface area contributed by atoms with Gasteiger partial charge in [-0.1, -0.05) is 72.1 Å². The van der Waals surface area contributed by atoms with Crippen molar-refractivity contribution < 1.29 is 24.0 Å². The SMILES string of the molecule is O=C(c1ccc(Sc2cccc3c2C(=O)N(c2ccccc2)C3=O)cc1)c1ccc(Sc2cccc3c2C(=O)N(c2ccccc2)C3=O)cc1. The van der Waals surface area contributed by atoms with Crippen molar-refractivity contribution in [2.45, 2.75) is 19.6 Å². The van der Waals surface area contributed by atoms with Crippen molar-refractivity contribution in [1.82, 2.24) is 0 Å². The number of nitrogens with zero attached hydrogens (tertiary/aromatic N) is 2. The van der Waals surface area contributed by atoms with Crippen LogP contribution in [-0.4, -0.2) is 29.4 Å². The van der Waals surface area contributed by atoms with Crippen molar-refractivity contribution in [3.63, 3.8) is 0 Å². The number of fused-ring (bicyclic) bond motifs is 2. The maximum atomic E-state index is 13.4. The molecule has 6 aromatic rings. The lowest BCUT2D eigenvalue weighted by Crippen LogP contribution is -2.29. The number of imide groups is 2. The van der Waals surface area contributed by atoms with Crippen LogP contribution in [0.25, 0.3) is 0 Å². The Bertz CT molecular complexity index is 2190. The number of hydrogen-bond acceptors (Lipinski definition) is 7. The Kier molecular flexibility index (Phi) is 7.99. The summed E-state index contributed by atoms with van der Waals surface area (Å²) in [6.45, 7) is 0. The van der Waals surface area contributed by atoms with Gasteiger partial charge in [-0.05, 0) is 97.1 Å². The van der Waals surface area contributed by atoms with E-state index in [0.29, 0.717) is 54.5 Å². The first-order valence-corrected chi connectivity index (χ1v) is 17.3. The van der Waals surface area contributed by atoms with Crippen LogP contribution in [0.4, 0.5) is 11.4 Å². The quantitative estimate of drug-likeness (QED) is 0.117. The van der Waals surface area contributed by atoms with Crippen LogP contribution in [0.2, 0.25) is 0 Å². The molecular formula is C41H24N2O5S2. The zero-order valence-corrected chi connectivity index (χ0v) is 27.7. The van der Waals surface area contributed by atoms with Crippen LogP contribution in [0.1, 0.15) is 57.4 Å². The van der Waals surface area contributed by atoms with Crippen molar-refractivity contribution >= 4 is 64.3 Å². The average molecular weight is 689 g/mol. The zero-order chi connectivity index (χ0) is 34.4. The lowest BCUT2D eigenvalue weighted by atomic mass is 10.0. The topological polar surface area (TPSA) is 91.8 Å². The fraction of sp³-hybridized carbons (Fsp3) is 0. The molecular weight excluding hydrogens is 665 g/mol. The summed E-state index contributed by atoms with van der Waals surface area (Å²) in [7, 11) is 0. The number of hydrogen-bond donors (Lipinski definition) is 0. The number of anilines is 2. The van der Waals surface area contributed by atoms with Gasteiger partial charge in [0.1, 0.15) is 0 Å². The van der Waals surface area contributed by atoms with E-state index in [0.717, 1.165) is 9.79 Å². The lowest BCUT2D eigenvalue weighted by Gasteiger charge is -2.13. The second-order valence-electron chi connectivity index (χ2n) is 11.5. The second-order valence-corrected chi connectivity index (χ2v) is 13.7. The van der Waals surface area contributed by atoms with Gasteiger partial charge in [0.25, 0.3) is 23.6 Å². The fourth-order valence-corrected chi connectivity index (χ4v) is 8.02. The smallest absolute Gasteiger partial charge is 0.267 e. The molecule has 0 saturated heterocycles. The maximum Gasteiger partial charge on any atom is 0.267 e. The Balaban J connectivity index is 0.967. The Morgan fingerprint density at radius 2 is 0.780 bits per heavy atom. The third-order valence-corrected chi connectivity index (χ3v) is 10.6. The molecule has 2 aliphatic rings. The molecule has 7 nitrogen and oxygen atoms in total. The molecule has 2 aliphatic heterocycles. The number of amides is 4. The predicted octanol–water partition coefficient (Wildman–Crippen LogP) is 8.82. The first kappa shape index (κ1) is 31.3. The predicted molar refractivity (Wildman–Crippen MR) is 193 cm³/mol. The molecule has 8 rings (SSSR count). The van der Waals surface area contributed by atoms with Gasteiger partial charge in [-0.25, -0.2) is 9.80 Å². The third kappa shape index (κ3) is 5.42. The number of para-hydroxylation sites is 2. The Hall–Kier alpha value is -6.03. The first-order chi connectivity index (χ1) is 24.4. The summed E-state index contributed by atoms with van der Waals surface area (Å²) in [5.41, 5.74) is 3.51. The van der Waals surface area contributed by atoms with Gasteiger partial charge in [-0.3, -0.25) is 24.0 Å². The van der Waals surface area contributed by atoms with Gasteiger partial charge in [0, 0.05) is 30.7 Å². The van der Waals surface area contributed by atoms with E-state index in [-0.39, 0.29) is 29.4 Å². The number of carbonyl (C=O) groups excluding carboxylic acids is 5. The largest absolute Gasteiger partial charge is 0.289 e. The Morgan fingerprint density at radius 3 is 1.16 bits per heavy atom. The van der Waals surface area contributed by atoms with E-state index in [9.17, 15) is 24.0 Å². The van der Waals surface area contributed by atoms with E-state index in [4.69, 9.17) is 0 Å². The second kappa shape index (κ2) is 12.8. The van der Waals surface area contributed by atoms with Gasteiger partial charge in [-0.2, -0.15) is 0 Å². The molecule has 0 atom stereocenters. The van der Waals surface area contributed by atoms with Gasteiger partial charge in [0.2, 0.25) is 0 Å². The summed E-state index contributed by atoms with van der Waals surface area (Å²) in [6, 6.07) is 42.5. The molecule has 0 fully saturated rings. The van der Waals surface area contributed by atoms with E-state index in [1.165, 1.54) is 33.3 Å². The van der Waals surface area contributed by atoms with Crippen LogP contribution >= 0.6 is 23.5 Å². The summed E-state index contributed by atoms with van der Waals surface area (Å²) in [4.78, 5) is 71.8. The molecule has 2 heterocycles. The minimum absolute atomic E-state index is 0.155. The maximum absolute atomic E-state index is 13.4. The normalized spacial score (nSPS) is 13.5. The van der Waals surface area contributed by atoms with Crippen LogP contribution in [-0.2, 0) is 0 Å². The molecule has 0 radical (unpaired) electrons. The van der Waals surface area contributed by atoms with Gasteiger partial charge < -0.3 is 0 Å². The van der Waals surface area contributed by atoms with Crippen molar-refractivity contribution in [1.29, 1.82) is 0 Å². The highest BCUT2D eigenvalue weighted by atomic mass is 32.2. The Labute approximate surface area is 295 Å². The first-order valence-electron chi connectivity index (χ1n) is 15.6. The molecule has 0 saturated carbocycles. The van der Waals surface area contributed by atoms with E-state index in [2.05, 4.69) is 0 Å². The summed E-state index contributed by atoms with van der Waals surface area (Å²) in [5, 5.41) is 0. The minimum Gasteiger partial charge on any atom is -0.289 e. The summed E-state index contributed by atoms with van der Waals surface area (Å²) >= 11 is 2.72. The molecule has 0 unspecified atom stereocenters. The minimum atomic E-state index is -0.362.